The molecule has 1 N–H and O–H groups in total. The Bertz CT molecular complexity index is 1360. The topological polar surface area (TPSA) is 82.6 Å². The summed E-state index contributed by atoms with van der Waals surface area (Å²) in [5.74, 6) is 0.466. The number of carbonyl (C=O) groups is 1. The largest absolute Gasteiger partial charge is 0.416 e. The summed E-state index contributed by atoms with van der Waals surface area (Å²) in [7, 11) is -1.35. The molecule has 1 aliphatic heterocycles. The number of likely N-dealkylation sites (N-methyl/N-ethyl adjacent to an activating group) is 1. The van der Waals surface area contributed by atoms with Crippen LogP contribution in [0.3, 0.4) is 0 Å². The van der Waals surface area contributed by atoms with Gasteiger partial charge in [0.2, 0.25) is 5.91 Å². The van der Waals surface area contributed by atoms with E-state index in [4.69, 9.17) is 0 Å². The zero-order valence-corrected chi connectivity index (χ0v) is 21.9. The maximum atomic E-state index is 12.9. The Balaban J connectivity index is 1.37. The lowest BCUT2D eigenvalue weighted by molar-refractivity contribution is -0.137. The molecule has 1 unspecified atom stereocenters. The average Bonchev–Trinajstić information content (AvgIpc) is 2.89. The number of aromatic nitrogens is 1. The number of rotatable bonds is 7. The van der Waals surface area contributed by atoms with E-state index < -0.39 is 21.6 Å². The van der Waals surface area contributed by atoms with Gasteiger partial charge in [-0.15, -0.1) is 0 Å². The van der Waals surface area contributed by atoms with Crippen LogP contribution >= 0.6 is 0 Å². The number of pyridine rings is 1. The molecule has 202 valence electrons. The van der Waals surface area contributed by atoms with E-state index in [9.17, 15) is 26.4 Å². The molecule has 38 heavy (non-hydrogen) atoms. The van der Waals surface area contributed by atoms with Crippen molar-refractivity contribution in [3.63, 3.8) is 0 Å². The molecule has 1 saturated heterocycles. The summed E-state index contributed by atoms with van der Waals surface area (Å²) in [6, 6.07) is 15.0. The van der Waals surface area contributed by atoms with Crippen LogP contribution in [0.1, 0.15) is 29.7 Å². The fourth-order valence-electron chi connectivity index (χ4n) is 4.35. The highest BCUT2D eigenvalue weighted by Gasteiger charge is 2.31. The minimum Gasteiger partial charge on any atom is -0.353 e. The molecule has 0 bridgehead atoms. The Morgan fingerprint density at radius 3 is 2.29 bits per heavy atom. The van der Waals surface area contributed by atoms with Crippen LogP contribution in [0.4, 0.5) is 24.7 Å². The molecule has 1 amide bonds. The van der Waals surface area contributed by atoms with Crippen molar-refractivity contribution in [2.75, 3.05) is 42.7 Å². The highest BCUT2D eigenvalue weighted by Crippen LogP contribution is 2.32. The van der Waals surface area contributed by atoms with Crippen molar-refractivity contribution in [2.45, 2.75) is 30.5 Å². The quantitative estimate of drug-likeness (QED) is 0.468. The minimum atomic E-state index is -4.37. The molecule has 1 aromatic heterocycles. The molecule has 1 atom stereocenters. The van der Waals surface area contributed by atoms with Crippen molar-refractivity contribution in [3.8, 4) is 0 Å². The molecule has 0 spiro atoms. The molecule has 2 aromatic carbocycles. The van der Waals surface area contributed by atoms with Gasteiger partial charge in [-0.3, -0.25) is 9.69 Å². The average molecular weight is 547 g/mol. The Morgan fingerprint density at radius 1 is 1.03 bits per heavy atom. The van der Waals surface area contributed by atoms with Crippen LogP contribution in [0.25, 0.3) is 0 Å². The van der Waals surface area contributed by atoms with Crippen molar-refractivity contribution >= 4 is 27.2 Å². The zero-order valence-electron chi connectivity index (χ0n) is 21.1. The van der Waals surface area contributed by atoms with Gasteiger partial charge in [-0.05, 0) is 54.6 Å². The second-order valence-corrected chi connectivity index (χ2v) is 11.5. The number of sulfone groups is 1. The Morgan fingerprint density at radius 2 is 1.71 bits per heavy atom. The molecule has 7 nitrogen and oxygen atoms in total. The van der Waals surface area contributed by atoms with Crippen molar-refractivity contribution in [2.24, 2.45) is 0 Å². The standard InChI is InChI=1S/C27H29F3N4O3S/c1-3-38(36,37)23-11-4-19(5-12-23)16-26(35)32-22-10-13-25(31-17-22)34-15-14-33(2)24(18-34)20-6-8-21(9-7-20)27(28,29)30/h4-13,17,24H,3,14-16,18H2,1-2H3,(H,32,35). The smallest absolute Gasteiger partial charge is 0.353 e. The van der Waals surface area contributed by atoms with Gasteiger partial charge in [-0.2, -0.15) is 13.2 Å². The van der Waals surface area contributed by atoms with Crippen molar-refractivity contribution < 1.29 is 26.4 Å². The van der Waals surface area contributed by atoms with Gasteiger partial charge in [-0.25, -0.2) is 13.4 Å². The number of amides is 1. The molecule has 4 rings (SSSR count). The molecule has 2 heterocycles. The van der Waals surface area contributed by atoms with E-state index in [1.807, 2.05) is 7.05 Å². The molecule has 11 heteroatoms. The van der Waals surface area contributed by atoms with E-state index >= 15 is 0 Å². The summed E-state index contributed by atoms with van der Waals surface area (Å²) in [6.45, 7) is 3.56. The third-order valence-electron chi connectivity index (χ3n) is 6.65. The van der Waals surface area contributed by atoms with Crippen LogP contribution in [0.15, 0.2) is 71.8 Å². The number of hydrogen-bond donors (Lipinski definition) is 1. The maximum absolute atomic E-state index is 12.9. The SMILES string of the molecule is CCS(=O)(=O)c1ccc(CC(=O)Nc2ccc(N3CCN(C)C(c4ccc(C(F)(F)F)cc4)C3)nc2)cc1. The number of nitrogens with zero attached hydrogens (tertiary/aromatic N) is 3. The summed E-state index contributed by atoms with van der Waals surface area (Å²) in [4.78, 5) is 21.4. The van der Waals surface area contributed by atoms with Crippen LogP contribution in [-0.4, -0.2) is 56.6 Å². The van der Waals surface area contributed by atoms with E-state index in [0.29, 0.717) is 36.7 Å². The molecule has 1 fully saturated rings. The summed E-state index contributed by atoms with van der Waals surface area (Å²) >= 11 is 0. The Hall–Kier alpha value is -3.44. The lowest BCUT2D eigenvalue weighted by Crippen LogP contribution is -2.47. The normalized spacial score (nSPS) is 16.9. The highest BCUT2D eigenvalue weighted by atomic mass is 32.2. The summed E-state index contributed by atoms with van der Waals surface area (Å²) in [6.07, 6.45) is -2.72. The van der Waals surface area contributed by atoms with Gasteiger partial charge in [-0.1, -0.05) is 31.2 Å². The van der Waals surface area contributed by atoms with E-state index in [0.717, 1.165) is 17.7 Å². The number of benzene rings is 2. The van der Waals surface area contributed by atoms with Gasteiger partial charge in [0, 0.05) is 19.6 Å². The first-order valence-corrected chi connectivity index (χ1v) is 13.8. The first-order valence-electron chi connectivity index (χ1n) is 12.2. The third-order valence-corrected chi connectivity index (χ3v) is 8.40. The van der Waals surface area contributed by atoms with E-state index in [2.05, 4.69) is 20.1 Å². The number of halogens is 3. The van der Waals surface area contributed by atoms with E-state index in [-0.39, 0.29) is 29.0 Å². The first kappa shape index (κ1) is 27.6. The number of piperazine rings is 1. The van der Waals surface area contributed by atoms with Gasteiger partial charge in [0.1, 0.15) is 5.82 Å². The number of anilines is 2. The van der Waals surface area contributed by atoms with Gasteiger partial charge in [0.15, 0.2) is 9.84 Å². The van der Waals surface area contributed by atoms with Gasteiger partial charge in [0.05, 0.1) is 40.6 Å². The zero-order chi connectivity index (χ0) is 27.5. The highest BCUT2D eigenvalue weighted by molar-refractivity contribution is 7.91. The molecule has 1 aliphatic rings. The van der Waals surface area contributed by atoms with Crippen molar-refractivity contribution in [1.82, 2.24) is 9.88 Å². The van der Waals surface area contributed by atoms with E-state index in [1.54, 1.807) is 37.4 Å². The minimum absolute atomic E-state index is 0.0136. The number of alkyl halides is 3. The second-order valence-electron chi connectivity index (χ2n) is 9.24. The van der Waals surface area contributed by atoms with Crippen molar-refractivity contribution in [1.29, 1.82) is 0 Å². The number of carbonyl (C=O) groups excluding carboxylic acids is 1. The predicted octanol–water partition coefficient (Wildman–Crippen LogP) is 4.57. The fourth-order valence-corrected chi connectivity index (χ4v) is 5.24. The van der Waals surface area contributed by atoms with Gasteiger partial charge in [0.25, 0.3) is 0 Å². The summed E-state index contributed by atoms with van der Waals surface area (Å²) in [5.41, 5.74) is 1.35. The lowest BCUT2D eigenvalue weighted by Gasteiger charge is -2.40. The van der Waals surface area contributed by atoms with Crippen LogP contribution in [-0.2, 0) is 27.2 Å². The van der Waals surface area contributed by atoms with Gasteiger partial charge >= 0.3 is 6.18 Å². The molecule has 0 aliphatic carbocycles. The predicted molar refractivity (Wildman–Crippen MR) is 140 cm³/mol. The Kier molecular flexibility index (Phi) is 8.08. The number of nitrogens with one attached hydrogen (secondary N) is 1. The molecular formula is C27H29F3N4O3S. The van der Waals surface area contributed by atoms with Crippen LogP contribution < -0.4 is 10.2 Å². The monoisotopic (exact) mass is 546 g/mol. The number of hydrogen-bond acceptors (Lipinski definition) is 6. The van der Waals surface area contributed by atoms with E-state index in [1.165, 1.54) is 24.3 Å². The molecule has 0 saturated carbocycles. The van der Waals surface area contributed by atoms with Gasteiger partial charge < -0.3 is 10.2 Å². The van der Waals surface area contributed by atoms with Crippen LogP contribution in [0.5, 0.6) is 0 Å². The first-order chi connectivity index (χ1) is 18.0. The molecule has 0 radical (unpaired) electrons. The second kappa shape index (κ2) is 11.1. The maximum Gasteiger partial charge on any atom is 0.416 e. The lowest BCUT2D eigenvalue weighted by atomic mass is 10.0. The third kappa shape index (κ3) is 6.51. The molecule has 3 aromatic rings. The summed E-state index contributed by atoms with van der Waals surface area (Å²) < 4.78 is 62.7. The van der Waals surface area contributed by atoms with Crippen LogP contribution in [0, 0.1) is 0 Å². The molecular weight excluding hydrogens is 517 g/mol. The fraction of sp³-hybridized carbons (Fsp3) is 0.333. The van der Waals surface area contributed by atoms with Crippen molar-refractivity contribution in [3.05, 3.63) is 83.6 Å². The van der Waals surface area contributed by atoms with Crippen LogP contribution in [0.2, 0.25) is 0 Å². The summed E-state index contributed by atoms with van der Waals surface area (Å²) in [5, 5.41) is 2.80. The Labute approximate surface area is 220 Å².